The Kier molecular flexibility index (Phi) is 6.71. The third kappa shape index (κ3) is 6.32. The Labute approximate surface area is 105 Å². The molecule has 1 atom stereocenters. The maximum absolute atomic E-state index is 9.17. The SMILES string of the molecule is CCCOC(C)CCCCc1ccc(O)cc1. The maximum Gasteiger partial charge on any atom is 0.115 e. The predicted molar refractivity (Wildman–Crippen MR) is 71.4 cm³/mol. The zero-order valence-corrected chi connectivity index (χ0v) is 11.0. The van der Waals surface area contributed by atoms with Crippen molar-refractivity contribution in [2.24, 2.45) is 0 Å². The summed E-state index contributed by atoms with van der Waals surface area (Å²) in [6, 6.07) is 7.49. The van der Waals surface area contributed by atoms with Gasteiger partial charge >= 0.3 is 0 Å². The topological polar surface area (TPSA) is 29.5 Å². The van der Waals surface area contributed by atoms with Gasteiger partial charge in [-0.25, -0.2) is 0 Å². The molecule has 0 saturated heterocycles. The highest BCUT2D eigenvalue weighted by atomic mass is 16.5. The fourth-order valence-electron chi connectivity index (χ4n) is 1.83. The molecule has 2 nitrogen and oxygen atoms in total. The smallest absolute Gasteiger partial charge is 0.115 e. The van der Waals surface area contributed by atoms with E-state index in [1.54, 1.807) is 12.1 Å². The molecule has 0 aliphatic carbocycles. The zero-order valence-electron chi connectivity index (χ0n) is 11.0. The van der Waals surface area contributed by atoms with Gasteiger partial charge in [-0.3, -0.25) is 0 Å². The lowest BCUT2D eigenvalue weighted by Gasteiger charge is -2.11. The van der Waals surface area contributed by atoms with Crippen LogP contribution >= 0.6 is 0 Å². The molecule has 0 heterocycles. The van der Waals surface area contributed by atoms with Gasteiger partial charge in [-0.1, -0.05) is 25.5 Å². The van der Waals surface area contributed by atoms with Gasteiger partial charge < -0.3 is 9.84 Å². The number of aromatic hydroxyl groups is 1. The third-order valence-corrected chi connectivity index (χ3v) is 2.87. The molecule has 0 aromatic heterocycles. The van der Waals surface area contributed by atoms with Crippen molar-refractivity contribution in [2.45, 2.75) is 52.1 Å². The van der Waals surface area contributed by atoms with Crippen LogP contribution in [0.4, 0.5) is 0 Å². The summed E-state index contributed by atoms with van der Waals surface area (Å²) in [5.41, 5.74) is 1.30. The molecule has 2 heteroatoms. The number of phenols is 1. The number of rotatable bonds is 8. The van der Waals surface area contributed by atoms with Gasteiger partial charge in [-0.15, -0.1) is 0 Å². The van der Waals surface area contributed by atoms with Crippen molar-refractivity contribution in [1.29, 1.82) is 0 Å². The zero-order chi connectivity index (χ0) is 12.5. The van der Waals surface area contributed by atoms with Gasteiger partial charge in [0.05, 0.1) is 6.10 Å². The minimum atomic E-state index is 0.343. The second kappa shape index (κ2) is 8.13. The van der Waals surface area contributed by atoms with E-state index in [0.29, 0.717) is 11.9 Å². The van der Waals surface area contributed by atoms with Gasteiger partial charge in [0, 0.05) is 6.61 Å². The van der Waals surface area contributed by atoms with E-state index >= 15 is 0 Å². The quantitative estimate of drug-likeness (QED) is 0.693. The monoisotopic (exact) mass is 236 g/mol. The third-order valence-electron chi connectivity index (χ3n) is 2.87. The van der Waals surface area contributed by atoms with Crippen molar-refractivity contribution in [3.05, 3.63) is 29.8 Å². The number of aryl methyl sites for hydroxylation is 1. The molecule has 0 aliphatic heterocycles. The lowest BCUT2D eigenvalue weighted by molar-refractivity contribution is 0.0591. The van der Waals surface area contributed by atoms with Gasteiger partial charge in [0.2, 0.25) is 0 Å². The van der Waals surface area contributed by atoms with Gasteiger partial charge in [-0.05, 0) is 50.3 Å². The number of benzene rings is 1. The second-order valence-corrected chi connectivity index (χ2v) is 4.59. The first-order chi connectivity index (χ1) is 8.22. The highest BCUT2D eigenvalue weighted by molar-refractivity contribution is 5.25. The summed E-state index contributed by atoms with van der Waals surface area (Å²) >= 11 is 0. The van der Waals surface area contributed by atoms with Gasteiger partial charge in [0.15, 0.2) is 0 Å². The van der Waals surface area contributed by atoms with Crippen LogP contribution in [0.3, 0.4) is 0 Å². The van der Waals surface area contributed by atoms with Crippen molar-refractivity contribution in [2.75, 3.05) is 6.61 Å². The molecule has 17 heavy (non-hydrogen) atoms. The van der Waals surface area contributed by atoms with Crippen molar-refractivity contribution >= 4 is 0 Å². The molecule has 0 amide bonds. The molecule has 0 bridgehead atoms. The minimum absolute atomic E-state index is 0.343. The molecule has 0 radical (unpaired) electrons. The van der Waals surface area contributed by atoms with E-state index in [1.165, 1.54) is 18.4 Å². The van der Waals surface area contributed by atoms with E-state index in [4.69, 9.17) is 9.84 Å². The molecule has 0 spiro atoms. The van der Waals surface area contributed by atoms with Crippen molar-refractivity contribution < 1.29 is 9.84 Å². The standard InChI is InChI=1S/C15H24O2/c1-3-12-17-13(2)6-4-5-7-14-8-10-15(16)11-9-14/h8-11,13,16H,3-7,12H2,1-2H3. The van der Waals surface area contributed by atoms with Crippen LogP contribution in [0, 0.1) is 0 Å². The number of phenolic OH excluding ortho intramolecular Hbond substituents is 1. The molecule has 1 aromatic carbocycles. The molecule has 1 N–H and O–H groups in total. The summed E-state index contributed by atoms with van der Waals surface area (Å²) in [6.07, 6.45) is 6.09. The Morgan fingerprint density at radius 3 is 2.53 bits per heavy atom. The van der Waals surface area contributed by atoms with Crippen LogP contribution in [0.1, 0.15) is 45.1 Å². The summed E-state index contributed by atoms with van der Waals surface area (Å²) in [5, 5.41) is 9.17. The Bertz CT molecular complexity index is 292. The Morgan fingerprint density at radius 1 is 1.18 bits per heavy atom. The van der Waals surface area contributed by atoms with Crippen LogP contribution in [-0.4, -0.2) is 17.8 Å². The fraction of sp³-hybridized carbons (Fsp3) is 0.600. The lowest BCUT2D eigenvalue weighted by atomic mass is 10.1. The molecule has 0 saturated carbocycles. The Morgan fingerprint density at radius 2 is 1.88 bits per heavy atom. The molecular formula is C15H24O2. The highest BCUT2D eigenvalue weighted by Gasteiger charge is 2.01. The van der Waals surface area contributed by atoms with E-state index in [2.05, 4.69) is 13.8 Å². The van der Waals surface area contributed by atoms with E-state index in [1.807, 2.05) is 12.1 Å². The van der Waals surface area contributed by atoms with Crippen LogP contribution < -0.4 is 0 Å². The molecule has 1 rings (SSSR count). The van der Waals surface area contributed by atoms with Crippen molar-refractivity contribution in [3.63, 3.8) is 0 Å². The number of hydrogen-bond acceptors (Lipinski definition) is 2. The second-order valence-electron chi connectivity index (χ2n) is 4.59. The van der Waals surface area contributed by atoms with Crippen LogP contribution in [0.15, 0.2) is 24.3 Å². The lowest BCUT2D eigenvalue weighted by Crippen LogP contribution is -2.08. The largest absolute Gasteiger partial charge is 0.508 e. The van der Waals surface area contributed by atoms with E-state index in [-0.39, 0.29) is 0 Å². The molecule has 0 fully saturated rings. The first-order valence-electron chi connectivity index (χ1n) is 6.62. The van der Waals surface area contributed by atoms with Gasteiger partial charge in [0.25, 0.3) is 0 Å². The normalized spacial score (nSPS) is 12.6. The number of ether oxygens (including phenoxy) is 1. The van der Waals surface area contributed by atoms with Crippen molar-refractivity contribution in [3.8, 4) is 5.75 Å². The van der Waals surface area contributed by atoms with Crippen LogP contribution in [0.2, 0.25) is 0 Å². The highest BCUT2D eigenvalue weighted by Crippen LogP contribution is 2.13. The van der Waals surface area contributed by atoms with Gasteiger partial charge in [0.1, 0.15) is 5.75 Å². The Hall–Kier alpha value is -1.02. The average molecular weight is 236 g/mol. The van der Waals surface area contributed by atoms with Crippen LogP contribution in [-0.2, 0) is 11.2 Å². The van der Waals surface area contributed by atoms with E-state index < -0.39 is 0 Å². The first kappa shape index (κ1) is 14.0. The summed E-state index contributed by atoms with van der Waals surface area (Å²) in [6.45, 7) is 5.16. The van der Waals surface area contributed by atoms with Gasteiger partial charge in [-0.2, -0.15) is 0 Å². The average Bonchev–Trinajstić information content (AvgIpc) is 2.34. The van der Waals surface area contributed by atoms with E-state index in [0.717, 1.165) is 25.9 Å². The van der Waals surface area contributed by atoms with E-state index in [9.17, 15) is 0 Å². The van der Waals surface area contributed by atoms with Crippen LogP contribution in [0.25, 0.3) is 0 Å². The maximum atomic E-state index is 9.17. The summed E-state index contributed by atoms with van der Waals surface area (Å²) in [7, 11) is 0. The Balaban J connectivity index is 2.09. The summed E-state index contributed by atoms with van der Waals surface area (Å²) in [5.74, 6) is 0.343. The fourth-order valence-corrected chi connectivity index (χ4v) is 1.83. The number of unbranched alkanes of at least 4 members (excludes halogenated alkanes) is 1. The number of hydrogen-bond donors (Lipinski definition) is 1. The van der Waals surface area contributed by atoms with Crippen LogP contribution in [0.5, 0.6) is 5.75 Å². The predicted octanol–water partition coefficient (Wildman–Crippen LogP) is 3.92. The molecule has 1 aromatic rings. The summed E-state index contributed by atoms with van der Waals surface area (Å²) < 4.78 is 5.63. The minimum Gasteiger partial charge on any atom is -0.508 e. The summed E-state index contributed by atoms with van der Waals surface area (Å²) in [4.78, 5) is 0. The molecule has 0 aliphatic rings. The molecule has 96 valence electrons. The van der Waals surface area contributed by atoms with Crippen molar-refractivity contribution in [1.82, 2.24) is 0 Å². The molecular weight excluding hydrogens is 212 g/mol. The first-order valence-corrected chi connectivity index (χ1v) is 6.62. The molecule has 1 unspecified atom stereocenters.